The molecule has 1 aliphatic rings. The lowest BCUT2D eigenvalue weighted by atomic mass is 10.1. The third kappa shape index (κ3) is 4.50. The molecule has 1 unspecified atom stereocenters. The van der Waals surface area contributed by atoms with Gasteiger partial charge >= 0.3 is 0 Å². The van der Waals surface area contributed by atoms with Crippen LogP contribution in [0.25, 0.3) is 0 Å². The minimum absolute atomic E-state index is 0.0306. The van der Waals surface area contributed by atoms with Gasteiger partial charge in [0.05, 0.1) is 6.61 Å². The van der Waals surface area contributed by atoms with E-state index in [4.69, 9.17) is 10.5 Å². The molecule has 0 heterocycles. The summed E-state index contributed by atoms with van der Waals surface area (Å²) in [5, 5.41) is 0. The number of nitrogens with zero attached hydrogens (tertiary/aromatic N) is 1. The summed E-state index contributed by atoms with van der Waals surface area (Å²) in [5.74, 6) is 1.85. The number of rotatable bonds is 9. The van der Waals surface area contributed by atoms with Crippen LogP contribution in [0.2, 0.25) is 0 Å². The smallest absolute Gasteiger partial charge is 0.124 e. The van der Waals surface area contributed by atoms with E-state index >= 15 is 0 Å². The van der Waals surface area contributed by atoms with Crippen molar-refractivity contribution in [2.75, 3.05) is 26.2 Å². The van der Waals surface area contributed by atoms with Gasteiger partial charge in [-0.1, -0.05) is 25.1 Å². The van der Waals surface area contributed by atoms with Crippen LogP contribution in [0.1, 0.15) is 44.7 Å². The van der Waals surface area contributed by atoms with E-state index in [9.17, 15) is 0 Å². The van der Waals surface area contributed by atoms with Crippen LogP contribution < -0.4 is 10.5 Å². The third-order valence-electron chi connectivity index (χ3n) is 3.83. The lowest BCUT2D eigenvalue weighted by molar-refractivity contribution is 0.245. The van der Waals surface area contributed by atoms with Gasteiger partial charge in [0, 0.05) is 24.7 Å². The van der Waals surface area contributed by atoms with Crippen molar-refractivity contribution in [2.45, 2.75) is 39.2 Å². The molecular formula is C17H28N2O. The minimum Gasteiger partial charge on any atom is -0.494 e. The summed E-state index contributed by atoms with van der Waals surface area (Å²) < 4.78 is 5.69. The summed E-state index contributed by atoms with van der Waals surface area (Å²) in [6.07, 6.45) is 3.97. The maximum atomic E-state index is 6.43. The summed E-state index contributed by atoms with van der Waals surface area (Å²) in [6, 6.07) is 8.20. The highest BCUT2D eigenvalue weighted by atomic mass is 16.5. The minimum atomic E-state index is 0.0306. The highest BCUT2D eigenvalue weighted by Crippen LogP contribution is 2.31. The van der Waals surface area contributed by atoms with Crippen molar-refractivity contribution < 1.29 is 4.74 Å². The molecule has 0 aromatic heterocycles. The molecule has 0 bridgehead atoms. The molecule has 1 atom stereocenters. The van der Waals surface area contributed by atoms with Crippen molar-refractivity contribution >= 4 is 0 Å². The number of nitrogens with two attached hydrogens (primary N) is 1. The van der Waals surface area contributed by atoms with Gasteiger partial charge in [0.15, 0.2) is 0 Å². The van der Waals surface area contributed by atoms with Crippen LogP contribution in [-0.4, -0.2) is 31.1 Å². The number of ether oxygens (including phenoxy) is 1. The first kappa shape index (κ1) is 15.3. The number of benzene rings is 1. The molecular weight excluding hydrogens is 248 g/mol. The van der Waals surface area contributed by atoms with Gasteiger partial charge in [0.1, 0.15) is 5.75 Å². The summed E-state index contributed by atoms with van der Waals surface area (Å²) in [5.41, 5.74) is 7.56. The summed E-state index contributed by atoms with van der Waals surface area (Å²) in [6.45, 7) is 8.20. The zero-order chi connectivity index (χ0) is 14.4. The lowest BCUT2D eigenvalue weighted by Crippen LogP contribution is -2.34. The van der Waals surface area contributed by atoms with E-state index in [0.29, 0.717) is 6.61 Å². The van der Waals surface area contributed by atoms with Gasteiger partial charge in [-0.15, -0.1) is 0 Å². The second-order valence-corrected chi connectivity index (χ2v) is 5.78. The SMILES string of the molecule is CCCN(CC1CC1)CC(N)c1ccccc1OCC. The lowest BCUT2D eigenvalue weighted by Gasteiger charge is -2.26. The van der Waals surface area contributed by atoms with Gasteiger partial charge in [0.25, 0.3) is 0 Å². The van der Waals surface area contributed by atoms with Crippen LogP contribution in [0.15, 0.2) is 24.3 Å². The van der Waals surface area contributed by atoms with Crippen LogP contribution in [0.3, 0.4) is 0 Å². The van der Waals surface area contributed by atoms with Gasteiger partial charge < -0.3 is 15.4 Å². The average molecular weight is 276 g/mol. The molecule has 3 nitrogen and oxygen atoms in total. The predicted molar refractivity (Wildman–Crippen MR) is 84.0 cm³/mol. The molecule has 1 aromatic rings. The zero-order valence-corrected chi connectivity index (χ0v) is 12.8. The Morgan fingerprint density at radius 3 is 2.70 bits per heavy atom. The number of hydrogen-bond acceptors (Lipinski definition) is 3. The molecule has 0 spiro atoms. The Morgan fingerprint density at radius 2 is 2.05 bits per heavy atom. The Kier molecular flexibility index (Phi) is 5.86. The maximum Gasteiger partial charge on any atom is 0.124 e. The first-order chi connectivity index (χ1) is 9.74. The van der Waals surface area contributed by atoms with Crippen molar-refractivity contribution in [2.24, 2.45) is 11.7 Å². The fourth-order valence-electron chi connectivity index (χ4n) is 2.69. The Morgan fingerprint density at radius 1 is 1.30 bits per heavy atom. The zero-order valence-electron chi connectivity index (χ0n) is 12.8. The molecule has 1 fully saturated rings. The van der Waals surface area contributed by atoms with Crippen LogP contribution in [0, 0.1) is 5.92 Å². The van der Waals surface area contributed by atoms with Crippen molar-refractivity contribution in [1.82, 2.24) is 4.90 Å². The molecule has 0 saturated heterocycles. The standard InChI is InChI=1S/C17H28N2O/c1-3-11-19(12-14-9-10-14)13-16(18)15-7-5-6-8-17(15)20-4-2/h5-8,14,16H,3-4,9-13,18H2,1-2H3. The Bertz CT molecular complexity index is 404. The molecule has 0 aliphatic heterocycles. The Labute approximate surface area is 123 Å². The molecule has 1 aliphatic carbocycles. The molecule has 1 saturated carbocycles. The van der Waals surface area contributed by atoms with Crippen LogP contribution in [-0.2, 0) is 0 Å². The monoisotopic (exact) mass is 276 g/mol. The van der Waals surface area contributed by atoms with Crippen LogP contribution in [0.4, 0.5) is 0 Å². The van der Waals surface area contributed by atoms with Crippen molar-refractivity contribution in [1.29, 1.82) is 0 Å². The molecule has 3 heteroatoms. The van der Waals surface area contributed by atoms with E-state index in [1.54, 1.807) is 0 Å². The normalized spacial score (nSPS) is 16.4. The Hall–Kier alpha value is -1.06. The first-order valence-electron chi connectivity index (χ1n) is 7.94. The highest BCUT2D eigenvalue weighted by Gasteiger charge is 2.25. The summed E-state index contributed by atoms with van der Waals surface area (Å²) in [7, 11) is 0. The van der Waals surface area contributed by atoms with Crippen molar-refractivity contribution in [3.63, 3.8) is 0 Å². The van der Waals surface area contributed by atoms with Gasteiger partial charge in [-0.05, 0) is 44.7 Å². The summed E-state index contributed by atoms with van der Waals surface area (Å²) >= 11 is 0. The summed E-state index contributed by atoms with van der Waals surface area (Å²) in [4.78, 5) is 2.52. The molecule has 2 rings (SSSR count). The van der Waals surface area contributed by atoms with Gasteiger partial charge in [-0.2, -0.15) is 0 Å². The topological polar surface area (TPSA) is 38.5 Å². The first-order valence-corrected chi connectivity index (χ1v) is 7.94. The van der Waals surface area contributed by atoms with E-state index in [-0.39, 0.29) is 6.04 Å². The molecule has 0 amide bonds. The van der Waals surface area contributed by atoms with Crippen LogP contribution >= 0.6 is 0 Å². The maximum absolute atomic E-state index is 6.43. The molecule has 112 valence electrons. The molecule has 0 radical (unpaired) electrons. The average Bonchev–Trinajstić information content (AvgIpc) is 3.24. The highest BCUT2D eigenvalue weighted by molar-refractivity contribution is 5.35. The second kappa shape index (κ2) is 7.65. The second-order valence-electron chi connectivity index (χ2n) is 5.78. The van der Waals surface area contributed by atoms with Crippen molar-refractivity contribution in [3.05, 3.63) is 29.8 Å². The van der Waals surface area contributed by atoms with E-state index in [1.165, 1.54) is 25.8 Å². The van der Waals surface area contributed by atoms with Gasteiger partial charge in [0.2, 0.25) is 0 Å². The van der Waals surface area contributed by atoms with E-state index in [0.717, 1.165) is 30.3 Å². The number of para-hydroxylation sites is 1. The number of hydrogen-bond donors (Lipinski definition) is 1. The van der Waals surface area contributed by atoms with E-state index < -0.39 is 0 Å². The van der Waals surface area contributed by atoms with Crippen molar-refractivity contribution in [3.8, 4) is 5.75 Å². The largest absolute Gasteiger partial charge is 0.494 e. The third-order valence-corrected chi connectivity index (χ3v) is 3.83. The van der Waals surface area contributed by atoms with E-state index in [2.05, 4.69) is 17.9 Å². The molecule has 1 aromatic carbocycles. The van der Waals surface area contributed by atoms with Gasteiger partial charge in [-0.3, -0.25) is 0 Å². The predicted octanol–water partition coefficient (Wildman–Crippen LogP) is 3.21. The fourth-order valence-corrected chi connectivity index (χ4v) is 2.69. The quantitative estimate of drug-likeness (QED) is 0.752. The van der Waals surface area contributed by atoms with Crippen LogP contribution in [0.5, 0.6) is 5.75 Å². The molecule has 20 heavy (non-hydrogen) atoms. The fraction of sp³-hybridized carbons (Fsp3) is 0.647. The molecule has 2 N–H and O–H groups in total. The van der Waals surface area contributed by atoms with Gasteiger partial charge in [-0.25, -0.2) is 0 Å². The van der Waals surface area contributed by atoms with E-state index in [1.807, 2.05) is 25.1 Å². The Balaban J connectivity index is 1.99.